The second kappa shape index (κ2) is 5.36. The molecule has 0 amide bonds. The zero-order valence-electron chi connectivity index (χ0n) is 9.89. The largest absolute Gasteiger partial charge is 0.294 e. The van der Waals surface area contributed by atoms with Gasteiger partial charge < -0.3 is 0 Å². The Morgan fingerprint density at radius 1 is 1.20 bits per heavy atom. The summed E-state index contributed by atoms with van der Waals surface area (Å²) in [6.07, 6.45) is 2.67. The molecule has 0 aliphatic carbocycles. The van der Waals surface area contributed by atoms with Crippen LogP contribution in [0.4, 0.5) is 0 Å². The number of hydrogen-bond donors (Lipinski definition) is 0. The maximum absolute atomic E-state index is 11.9. The van der Waals surface area contributed by atoms with Crippen LogP contribution in [0.1, 0.15) is 33.5 Å². The lowest BCUT2D eigenvalue weighted by molar-refractivity contribution is 0.0988. The first-order valence-corrected chi connectivity index (χ1v) is 6.55. The smallest absolute Gasteiger partial charge is 0.164 e. The molecule has 1 aromatic rings. The van der Waals surface area contributed by atoms with Gasteiger partial charge in [-0.05, 0) is 38.2 Å². The van der Waals surface area contributed by atoms with E-state index in [4.69, 9.17) is 0 Å². The summed E-state index contributed by atoms with van der Waals surface area (Å²) in [5.41, 5.74) is 4.37. The zero-order valence-corrected chi connectivity index (χ0v) is 10.7. The molecule has 0 atom stereocenters. The number of carbonyl (C=O) groups is 1. The molecule has 0 saturated carbocycles. The summed E-state index contributed by atoms with van der Waals surface area (Å²) in [7, 11) is 0. The van der Waals surface area contributed by atoms with Crippen LogP contribution in [0.2, 0.25) is 0 Å². The van der Waals surface area contributed by atoms with Crippen molar-refractivity contribution in [3.05, 3.63) is 34.4 Å². The predicted molar refractivity (Wildman–Crippen MR) is 68.0 cm³/mol. The summed E-state index contributed by atoms with van der Waals surface area (Å²) in [4.78, 5) is 11.9. The Balaban J connectivity index is 2.98. The summed E-state index contributed by atoms with van der Waals surface area (Å²) in [5.74, 6) is 1.19. The first-order valence-electron chi connectivity index (χ1n) is 5.16. The van der Waals surface area contributed by atoms with Crippen molar-refractivity contribution in [2.75, 3.05) is 12.0 Å². The minimum Gasteiger partial charge on any atom is -0.294 e. The summed E-state index contributed by atoms with van der Waals surface area (Å²) < 4.78 is 0. The van der Waals surface area contributed by atoms with Crippen LogP contribution >= 0.6 is 11.8 Å². The van der Waals surface area contributed by atoms with E-state index in [-0.39, 0.29) is 5.78 Å². The minimum absolute atomic E-state index is 0.277. The molecule has 0 aliphatic heterocycles. The number of benzene rings is 1. The molecule has 0 aliphatic rings. The fraction of sp³-hybridized carbons (Fsp3) is 0.462. The van der Waals surface area contributed by atoms with Crippen molar-refractivity contribution in [2.24, 2.45) is 0 Å². The Morgan fingerprint density at radius 2 is 1.73 bits per heavy atom. The molecule has 2 heteroatoms. The van der Waals surface area contributed by atoms with Crippen molar-refractivity contribution >= 4 is 17.5 Å². The van der Waals surface area contributed by atoms with E-state index in [1.165, 1.54) is 5.56 Å². The van der Waals surface area contributed by atoms with Gasteiger partial charge in [0.15, 0.2) is 5.78 Å². The molecule has 0 fully saturated rings. The lowest BCUT2D eigenvalue weighted by Gasteiger charge is -2.09. The van der Waals surface area contributed by atoms with E-state index in [1.54, 1.807) is 11.8 Å². The fourth-order valence-electron chi connectivity index (χ4n) is 1.94. The van der Waals surface area contributed by atoms with Crippen LogP contribution in [-0.2, 0) is 0 Å². The number of carbonyl (C=O) groups excluding carboxylic acids is 1. The van der Waals surface area contributed by atoms with Crippen molar-refractivity contribution in [3.8, 4) is 0 Å². The quantitative estimate of drug-likeness (QED) is 0.725. The molecular formula is C13H18OS. The summed E-state index contributed by atoms with van der Waals surface area (Å²) in [6.45, 7) is 6.11. The van der Waals surface area contributed by atoms with Gasteiger partial charge >= 0.3 is 0 Å². The van der Waals surface area contributed by atoms with E-state index in [2.05, 4.69) is 19.1 Å². The molecule has 0 aromatic heterocycles. The zero-order chi connectivity index (χ0) is 11.4. The van der Waals surface area contributed by atoms with Crippen LogP contribution in [-0.4, -0.2) is 17.8 Å². The van der Waals surface area contributed by atoms with E-state index in [1.807, 2.05) is 20.1 Å². The van der Waals surface area contributed by atoms with Crippen LogP contribution in [0.25, 0.3) is 0 Å². The third-order valence-electron chi connectivity index (χ3n) is 2.49. The molecule has 0 N–H and O–H groups in total. The molecule has 1 aromatic carbocycles. The van der Waals surface area contributed by atoms with Gasteiger partial charge in [-0.25, -0.2) is 0 Å². The van der Waals surface area contributed by atoms with E-state index >= 15 is 0 Å². The third-order valence-corrected chi connectivity index (χ3v) is 3.10. The molecule has 0 saturated heterocycles. The topological polar surface area (TPSA) is 17.1 Å². The highest BCUT2D eigenvalue weighted by atomic mass is 32.2. The van der Waals surface area contributed by atoms with E-state index in [9.17, 15) is 4.79 Å². The van der Waals surface area contributed by atoms with Gasteiger partial charge in [0, 0.05) is 17.7 Å². The standard InChI is InChI=1S/C13H18OS/c1-9-7-10(2)13(11(3)8-9)12(14)5-6-15-4/h7-8H,5-6H2,1-4H3. The average molecular weight is 222 g/mol. The highest BCUT2D eigenvalue weighted by Crippen LogP contribution is 2.18. The lowest BCUT2D eigenvalue weighted by Crippen LogP contribution is -2.06. The number of ketones is 1. The monoisotopic (exact) mass is 222 g/mol. The summed E-state index contributed by atoms with van der Waals surface area (Å²) >= 11 is 1.72. The lowest BCUT2D eigenvalue weighted by atomic mass is 9.96. The van der Waals surface area contributed by atoms with E-state index < -0.39 is 0 Å². The number of Topliss-reactive ketones (excluding diaryl/α,β-unsaturated/α-hetero) is 1. The molecule has 0 radical (unpaired) electrons. The van der Waals surface area contributed by atoms with Gasteiger partial charge in [-0.3, -0.25) is 4.79 Å². The molecule has 1 nitrogen and oxygen atoms in total. The molecule has 1 rings (SSSR count). The van der Waals surface area contributed by atoms with Gasteiger partial charge in [-0.2, -0.15) is 11.8 Å². The van der Waals surface area contributed by atoms with Crippen LogP contribution in [0.5, 0.6) is 0 Å². The van der Waals surface area contributed by atoms with E-state index in [0.717, 1.165) is 22.4 Å². The molecule has 0 spiro atoms. The minimum atomic E-state index is 0.277. The SMILES string of the molecule is CSCCC(=O)c1c(C)cc(C)cc1C. The van der Waals surface area contributed by atoms with Crippen molar-refractivity contribution in [1.82, 2.24) is 0 Å². The van der Waals surface area contributed by atoms with E-state index in [0.29, 0.717) is 6.42 Å². The van der Waals surface area contributed by atoms with Gasteiger partial charge in [0.2, 0.25) is 0 Å². The van der Waals surface area contributed by atoms with Crippen molar-refractivity contribution in [1.29, 1.82) is 0 Å². The first kappa shape index (κ1) is 12.3. The normalized spacial score (nSPS) is 10.4. The summed E-state index contributed by atoms with van der Waals surface area (Å²) in [5, 5.41) is 0. The van der Waals surface area contributed by atoms with Crippen molar-refractivity contribution < 1.29 is 4.79 Å². The van der Waals surface area contributed by atoms with Gasteiger partial charge in [0.05, 0.1) is 0 Å². The maximum Gasteiger partial charge on any atom is 0.164 e. The second-order valence-electron chi connectivity index (χ2n) is 3.94. The summed E-state index contributed by atoms with van der Waals surface area (Å²) in [6, 6.07) is 4.17. The Labute approximate surface area is 96.3 Å². The van der Waals surface area contributed by atoms with Gasteiger partial charge in [0.25, 0.3) is 0 Å². The van der Waals surface area contributed by atoms with Crippen LogP contribution in [0.3, 0.4) is 0 Å². The van der Waals surface area contributed by atoms with Gasteiger partial charge in [0.1, 0.15) is 0 Å². The van der Waals surface area contributed by atoms with Gasteiger partial charge in [-0.15, -0.1) is 0 Å². The Bertz CT molecular complexity index is 346. The number of rotatable bonds is 4. The molecule has 0 bridgehead atoms. The predicted octanol–water partition coefficient (Wildman–Crippen LogP) is 3.55. The number of aryl methyl sites for hydroxylation is 3. The first-order chi connectivity index (χ1) is 7.06. The molecule has 15 heavy (non-hydrogen) atoms. The van der Waals surface area contributed by atoms with Crippen LogP contribution < -0.4 is 0 Å². The van der Waals surface area contributed by atoms with Gasteiger partial charge in [-0.1, -0.05) is 17.7 Å². The van der Waals surface area contributed by atoms with Crippen molar-refractivity contribution in [3.63, 3.8) is 0 Å². The average Bonchev–Trinajstić information content (AvgIpc) is 2.12. The highest BCUT2D eigenvalue weighted by molar-refractivity contribution is 7.98. The molecule has 82 valence electrons. The Hall–Kier alpha value is -0.760. The molecule has 0 unspecified atom stereocenters. The molecular weight excluding hydrogens is 204 g/mol. The maximum atomic E-state index is 11.9. The third kappa shape index (κ3) is 3.10. The highest BCUT2D eigenvalue weighted by Gasteiger charge is 2.11. The van der Waals surface area contributed by atoms with Crippen LogP contribution in [0, 0.1) is 20.8 Å². The second-order valence-corrected chi connectivity index (χ2v) is 4.93. The number of hydrogen-bond acceptors (Lipinski definition) is 2. The van der Waals surface area contributed by atoms with Crippen molar-refractivity contribution in [2.45, 2.75) is 27.2 Å². The molecule has 0 heterocycles. The number of thioether (sulfide) groups is 1. The fourth-order valence-corrected chi connectivity index (χ4v) is 2.33. The Morgan fingerprint density at radius 3 is 2.20 bits per heavy atom. The van der Waals surface area contributed by atoms with Crippen LogP contribution in [0.15, 0.2) is 12.1 Å². The Kier molecular flexibility index (Phi) is 4.40.